The van der Waals surface area contributed by atoms with Crippen LogP contribution in [0.4, 0.5) is 5.69 Å². The van der Waals surface area contributed by atoms with Gasteiger partial charge < -0.3 is 10.1 Å². The van der Waals surface area contributed by atoms with Crippen LogP contribution in [0.3, 0.4) is 0 Å². The number of rotatable bonds is 9. The third-order valence-corrected chi connectivity index (χ3v) is 6.91. The maximum atomic E-state index is 13.6. The van der Waals surface area contributed by atoms with Crippen molar-refractivity contribution in [1.29, 1.82) is 0 Å². The molecule has 1 amide bonds. The van der Waals surface area contributed by atoms with Crippen molar-refractivity contribution < 1.29 is 17.9 Å². The van der Waals surface area contributed by atoms with Gasteiger partial charge in [0, 0.05) is 11.6 Å². The SMILES string of the molecule is COc1ccc(C)cc1S(=O)(=O)N(CC(=O)NCCc1ccccc1)c1ccc(Cl)cc1. The molecule has 0 saturated heterocycles. The van der Waals surface area contributed by atoms with Gasteiger partial charge in [-0.1, -0.05) is 48.0 Å². The Morgan fingerprint density at radius 1 is 1.03 bits per heavy atom. The number of methoxy groups -OCH3 is 1. The Hall–Kier alpha value is -3.03. The standard InChI is InChI=1S/C24H25ClN2O4S/c1-18-8-13-22(31-2)23(16-18)32(29,30)27(21-11-9-20(25)10-12-21)17-24(28)26-15-14-19-6-4-3-5-7-19/h3-13,16H,14-15,17H2,1-2H3,(H,26,28). The van der Waals surface area contributed by atoms with E-state index in [0.717, 1.165) is 15.4 Å². The predicted molar refractivity (Wildman–Crippen MR) is 127 cm³/mol. The molecule has 3 rings (SSSR count). The third kappa shape index (κ3) is 5.81. The molecule has 0 aromatic heterocycles. The number of benzene rings is 3. The second kappa shape index (κ2) is 10.5. The zero-order chi connectivity index (χ0) is 23.1. The molecule has 1 N–H and O–H groups in total. The molecule has 0 unspecified atom stereocenters. The van der Waals surface area contributed by atoms with Gasteiger partial charge in [0.15, 0.2) is 0 Å². The van der Waals surface area contributed by atoms with Gasteiger partial charge >= 0.3 is 0 Å². The molecule has 32 heavy (non-hydrogen) atoms. The van der Waals surface area contributed by atoms with E-state index in [1.54, 1.807) is 43.3 Å². The predicted octanol–water partition coefficient (Wildman–Crippen LogP) is 4.21. The number of carbonyl (C=O) groups is 1. The minimum atomic E-state index is -4.10. The van der Waals surface area contributed by atoms with Crippen LogP contribution in [0.1, 0.15) is 11.1 Å². The fourth-order valence-corrected chi connectivity index (χ4v) is 4.99. The highest BCUT2D eigenvalue weighted by atomic mass is 35.5. The molecule has 8 heteroatoms. The van der Waals surface area contributed by atoms with Crippen LogP contribution in [-0.4, -0.2) is 34.5 Å². The van der Waals surface area contributed by atoms with Crippen LogP contribution in [-0.2, 0) is 21.2 Å². The summed E-state index contributed by atoms with van der Waals surface area (Å²) in [6, 6.07) is 20.9. The number of hydrogen-bond acceptors (Lipinski definition) is 4. The summed E-state index contributed by atoms with van der Waals surface area (Å²) < 4.78 is 33.6. The molecule has 0 aliphatic carbocycles. The van der Waals surface area contributed by atoms with Crippen LogP contribution >= 0.6 is 11.6 Å². The lowest BCUT2D eigenvalue weighted by Crippen LogP contribution is -2.41. The highest BCUT2D eigenvalue weighted by Gasteiger charge is 2.30. The molecule has 3 aromatic carbocycles. The van der Waals surface area contributed by atoms with Gasteiger partial charge in [-0.25, -0.2) is 8.42 Å². The average Bonchev–Trinajstić information content (AvgIpc) is 2.79. The number of anilines is 1. The van der Waals surface area contributed by atoms with Gasteiger partial charge in [0.05, 0.1) is 12.8 Å². The lowest BCUT2D eigenvalue weighted by Gasteiger charge is -2.25. The molecule has 0 aliphatic heterocycles. The van der Waals surface area contributed by atoms with Gasteiger partial charge in [0.2, 0.25) is 5.91 Å². The van der Waals surface area contributed by atoms with Crippen LogP contribution in [0.2, 0.25) is 5.02 Å². The van der Waals surface area contributed by atoms with Gasteiger partial charge in [0.25, 0.3) is 10.0 Å². The molecule has 0 bridgehead atoms. The largest absolute Gasteiger partial charge is 0.495 e. The Morgan fingerprint density at radius 2 is 1.72 bits per heavy atom. The number of halogens is 1. The molecule has 0 atom stereocenters. The monoisotopic (exact) mass is 472 g/mol. The number of amides is 1. The van der Waals surface area contributed by atoms with E-state index in [0.29, 0.717) is 23.7 Å². The molecular weight excluding hydrogens is 448 g/mol. The molecule has 3 aromatic rings. The molecule has 0 aliphatic rings. The number of hydrogen-bond donors (Lipinski definition) is 1. The molecular formula is C24H25ClN2O4S. The number of sulfonamides is 1. The Balaban J connectivity index is 1.86. The molecule has 0 fully saturated rings. The summed E-state index contributed by atoms with van der Waals surface area (Å²) in [6.45, 7) is 1.81. The van der Waals surface area contributed by atoms with E-state index in [-0.39, 0.29) is 17.2 Å². The van der Waals surface area contributed by atoms with Crippen LogP contribution in [0.15, 0.2) is 77.7 Å². The molecule has 6 nitrogen and oxygen atoms in total. The maximum absolute atomic E-state index is 13.6. The maximum Gasteiger partial charge on any atom is 0.268 e. The summed E-state index contributed by atoms with van der Waals surface area (Å²) in [7, 11) is -2.69. The van der Waals surface area contributed by atoms with Crippen molar-refractivity contribution in [2.75, 3.05) is 24.5 Å². The fourth-order valence-electron chi connectivity index (χ4n) is 3.20. The number of aryl methyl sites for hydroxylation is 1. The first-order valence-corrected chi connectivity index (χ1v) is 11.9. The van der Waals surface area contributed by atoms with Crippen LogP contribution in [0.5, 0.6) is 5.75 Å². The van der Waals surface area contributed by atoms with E-state index < -0.39 is 15.9 Å². The third-order valence-electron chi connectivity index (χ3n) is 4.87. The van der Waals surface area contributed by atoms with Crippen LogP contribution < -0.4 is 14.4 Å². The lowest BCUT2D eigenvalue weighted by atomic mass is 10.1. The molecule has 0 saturated carbocycles. The second-order valence-corrected chi connectivity index (χ2v) is 9.50. The number of ether oxygens (including phenoxy) is 1. The van der Waals surface area contributed by atoms with Crippen LogP contribution in [0, 0.1) is 6.92 Å². The minimum Gasteiger partial charge on any atom is -0.495 e. The summed E-state index contributed by atoms with van der Waals surface area (Å²) in [6.07, 6.45) is 0.645. The van der Waals surface area contributed by atoms with E-state index in [4.69, 9.17) is 16.3 Å². The Bertz CT molecular complexity index is 1170. The minimum absolute atomic E-state index is 0.00737. The van der Waals surface area contributed by atoms with Crippen molar-refractivity contribution in [3.05, 3.63) is 88.9 Å². The summed E-state index contributed by atoms with van der Waals surface area (Å²) >= 11 is 5.98. The first kappa shape index (κ1) is 23.6. The summed E-state index contributed by atoms with van der Waals surface area (Å²) in [5, 5.41) is 3.27. The summed E-state index contributed by atoms with van der Waals surface area (Å²) in [4.78, 5) is 12.7. The first-order chi connectivity index (χ1) is 15.3. The smallest absolute Gasteiger partial charge is 0.268 e. The molecule has 0 spiro atoms. The number of carbonyl (C=O) groups excluding carboxylic acids is 1. The fraction of sp³-hybridized carbons (Fsp3) is 0.208. The van der Waals surface area contributed by atoms with Gasteiger partial charge in [-0.15, -0.1) is 0 Å². The van der Waals surface area contributed by atoms with Crippen molar-refractivity contribution in [2.45, 2.75) is 18.2 Å². The first-order valence-electron chi connectivity index (χ1n) is 10.0. The van der Waals surface area contributed by atoms with E-state index in [2.05, 4.69) is 5.32 Å². The van der Waals surface area contributed by atoms with Crippen molar-refractivity contribution in [1.82, 2.24) is 5.32 Å². The van der Waals surface area contributed by atoms with E-state index in [9.17, 15) is 13.2 Å². The van der Waals surface area contributed by atoms with Gasteiger partial charge in [-0.05, 0) is 60.9 Å². The highest BCUT2D eigenvalue weighted by Crippen LogP contribution is 2.31. The van der Waals surface area contributed by atoms with Crippen molar-refractivity contribution in [3.8, 4) is 5.75 Å². The zero-order valence-electron chi connectivity index (χ0n) is 17.9. The number of nitrogens with one attached hydrogen (secondary N) is 1. The summed E-state index contributed by atoms with van der Waals surface area (Å²) in [5.74, 6) is -0.204. The van der Waals surface area contributed by atoms with Crippen molar-refractivity contribution >= 4 is 33.2 Å². The van der Waals surface area contributed by atoms with Crippen molar-refractivity contribution in [2.24, 2.45) is 0 Å². The molecule has 168 valence electrons. The highest BCUT2D eigenvalue weighted by molar-refractivity contribution is 7.93. The van der Waals surface area contributed by atoms with Gasteiger partial charge in [0.1, 0.15) is 17.2 Å². The van der Waals surface area contributed by atoms with Crippen LogP contribution in [0.25, 0.3) is 0 Å². The lowest BCUT2D eigenvalue weighted by molar-refractivity contribution is -0.119. The topological polar surface area (TPSA) is 75.7 Å². The van der Waals surface area contributed by atoms with E-state index in [1.165, 1.54) is 13.2 Å². The number of nitrogens with zero attached hydrogens (tertiary/aromatic N) is 1. The van der Waals surface area contributed by atoms with E-state index >= 15 is 0 Å². The van der Waals surface area contributed by atoms with Crippen molar-refractivity contribution in [3.63, 3.8) is 0 Å². The quantitative estimate of drug-likeness (QED) is 0.506. The summed E-state index contributed by atoms with van der Waals surface area (Å²) in [5.41, 5.74) is 2.17. The van der Waals surface area contributed by atoms with Gasteiger partial charge in [-0.2, -0.15) is 0 Å². The molecule has 0 radical (unpaired) electrons. The Kier molecular flexibility index (Phi) is 7.77. The second-order valence-electron chi connectivity index (χ2n) is 7.23. The average molecular weight is 473 g/mol. The molecule has 0 heterocycles. The normalized spacial score (nSPS) is 11.1. The van der Waals surface area contributed by atoms with E-state index in [1.807, 2.05) is 30.3 Å². The Labute approximate surface area is 193 Å². The Morgan fingerprint density at radius 3 is 2.38 bits per heavy atom. The zero-order valence-corrected chi connectivity index (χ0v) is 19.5. The van der Waals surface area contributed by atoms with Gasteiger partial charge in [-0.3, -0.25) is 9.10 Å².